The van der Waals surface area contributed by atoms with Crippen molar-refractivity contribution in [1.29, 1.82) is 0 Å². The Labute approximate surface area is 141 Å². The molecule has 1 amide bonds. The summed E-state index contributed by atoms with van der Waals surface area (Å²) in [5, 5.41) is 4.09. The number of nitrogens with zero attached hydrogens (tertiary/aromatic N) is 3. The van der Waals surface area contributed by atoms with Gasteiger partial charge in [-0.1, -0.05) is 36.3 Å². The smallest absolute Gasteiger partial charge is 0.231 e. The minimum Gasteiger partial charge on any atom is -0.377 e. The zero-order chi connectivity index (χ0) is 16.9. The monoisotopic (exact) mass is 329 g/mol. The van der Waals surface area contributed by atoms with Crippen molar-refractivity contribution in [2.24, 2.45) is 0 Å². The Balaban J connectivity index is 1.66. The molecule has 0 bridgehead atoms. The lowest BCUT2D eigenvalue weighted by Gasteiger charge is -2.13. The molecule has 0 aliphatic carbocycles. The number of hydrogen-bond acceptors (Lipinski definition) is 5. The first-order valence-electron chi connectivity index (χ1n) is 8.49. The van der Waals surface area contributed by atoms with E-state index < -0.39 is 0 Å². The van der Waals surface area contributed by atoms with Crippen LogP contribution in [-0.4, -0.2) is 40.6 Å². The van der Waals surface area contributed by atoms with Gasteiger partial charge in [0, 0.05) is 31.7 Å². The molecule has 0 radical (unpaired) electrons. The van der Waals surface area contributed by atoms with E-state index in [4.69, 9.17) is 9.26 Å². The number of amides is 1. The molecule has 2 heterocycles. The average molecular weight is 329 g/mol. The molecule has 1 saturated heterocycles. The molecule has 3 rings (SSSR count). The van der Waals surface area contributed by atoms with Crippen molar-refractivity contribution in [2.75, 3.05) is 19.7 Å². The maximum atomic E-state index is 11.8. The van der Waals surface area contributed by atoms with Crippen molar-refractivity contribution in [3.63, 3.8) is 0 Å². The van der Waals surface area contributed by atoms with Crippen LogP contribution in [0.25, 0.3) is 11.4 Å². The molecule has 1 atom stereocenters. The summed E-state index contributed by atoms with van der Waals surface area (Å²) in [5.74, 6) is 1.53. The highest BCUT2D eigenvalue weighted by atomic mass is 16.5. The number of carbonyl (C=O) groups is 1. The van der Waals surface area contributed by atoms with Crippen molar-refractivity contribution in [1.82, 2.24) is 15.0 Å². The summed E-state index contributed by atoms with van der Waals surface area (Å²) >= 11 is 0. The number of benzene rings is 1. The second kappa shape index (κ2) is 7.57. The van der Waals surface area contributed by atoms with Gasteiger partial charge in [0.1, 0.15) is 0 Å². The molecule has 0 spiro atoms. The number of rotatable bonds is 6. The molecule has 0 N–H and O–H groups in total. The summed E-state index contributed by atoms with van der Waals surface area (Å²) in [6, 6.07) is 7.98. The summed E-state index contributed by atoms with van der Waals surface area (Å²) < 4.78 is 10.8. The molecule has 6 nitrogen and oxygen atoms in total. The minimum absolute atomic E-state index is 0.138. The lowest BCUT2D eigenvalue weighted by atomic mass is 10.1. The number of hydrogen-bond donors (Lipinski definition) is 0. The zero-order valence-electron chi connectivity index (χ0n) is 14.2. The average Bonchev–Trinajstić information content (AvgIpc) is 3.29. The van der Waals surface area contributed by atoms with Crippen molar-refractivity contribution in [3.05, 3.63) is 35.7 Å². The molecule has 1 aromatic carbocycles. The highest BCUT2D eigenvalue weighted by molar-refractivity contribution is 5.76. The maximum Gasteiger partial charge on any atom is 0.231 e. The van der Waals surface area contributed by atoms with E-state index in [9.17, 15) is 4.79 Å². The van der Waals surface area contributed by atoms with E-state index >= 15 is 0 Å². The highest BCUT2D eigenvalue weighted by Gasteiger charge is 2.30. The number of carbonyl (C=O) groups excluding carboxylic acids is 1. The topological polar surface area (TPSA) is 68.5 Å². The Morgan fingerprint density at radius 2 is 2.12 bits per heavy atom. The second-order valence-electron chi connectivity index (χ2n) is 5.97. The van der Waals surface area contributed by atoms with Gasteiger partial charge in [0.05, 0.1) is 12.5 Å². The van der Waals surface area contributed by atoms with E-state index in [1.165, 1.54) is 0 Å². The molecule has 24 heavy (non-hydrogen) atoms. The van der Waals surface area contributed by atoms with Gasteiger partial charge in [-0.25, -0.2) is 0 Å². The lowest BCUT2D eigenvalue weighted by Crippen LogP contribution is -2.27. The third-order valence-electron chi connectivity index (χ3n) is 4.32. The summed E-state index contributed by atoms with van der Waals surface area (Å²) in [5.41, 5.74) is 2.04. The van der Waals surface area contributed by atoms with E-state index in [0.29, 0.717) is 37.9 Å². The van der Waals surface area contributed by atoms with Gasteiger partial charge in [-0.15, -0.1) is 0 Å². The van der Waals surface area contributed by atoms with Gasteiger partial charge in [-0.3, -0.25) is 4.79 Å². The summed E-state index contributed by atoms with van der Waals surface area (Å²) in [7, 11) is 0. The Kier molecular flexibility index (Phi) is 5.25. The predicted octanol–water partition coefficient (Wildman–Crippen LogP) is 3.00. The molecule has 0 saturated carbocycles. The first-order chi connectivity index (χ1) is 11.7. The first kappa shape index (κ1) is 16.6. The van der Waals surface area contributed by atoms with Crippen LogP contribution in [0.15, 0.2) is 28.8 Å². The molecule has 0 unspecified atom stereocenters. The Morgan fingerprint density at radius 3 is 2.83 bits per heavy atom. The third kappa shape index (κ3) is 3.64. The quantitative estimate of drug-likeness (QED) is 0.815. The van der Waals surface area contributed by atoms with Crippen molar-refractivity contribution >= 4 is 5.91 Å². The van der Waals surface area contributed by atoms with Gasteiger partial charge in [0.2, 0.25) is 17.6 Å². The summed E-state index contributed by atoms with van der Waals surface area (Å²) in [6.07, 6.45) is 1.41. The minimum atomic E-state index is 0.138. The number of ether oxygens (including phenoxy) is 1. The molecule has 1 aromatic heterocycles. The molecule has 6 heteroatoms. The summed E-state index contributed by atoms with van der Waals surface area (Å²) in [4.78, 5) is 18.2. The third-order valence-corrected chi connectivity index (χ3v) is 4.32. The predicted molar refractivity (Wildman–Crippen MR) is 89.3 cm³/mol. The lowest BCUT2D eigenvalue weighted by molar-refractivity contribution is -0.129. The fourth-order valence-electron chi connectivity index (χ4n) is 2.90. The molecule has 1 aliphatic rings. The van der Waals surface area contributed by atoms with E-state index in [1.54, 1.807) is 0 Å². The van der Waals surface area contributed by atoms with Crippen molar-refractivity contribution in [3.8, 4) is 11.4 Å². The van der Waals surface area contributed by atoms with Crippen LogP contribution in [-0.2, 0) is 16.1 Å². The van der Waals surface area contributed by atoms with Gasteiger partial charge in [-0.05, 0) is 18.9 Å². The second-order valence-corrected chi connectivity index (χ2v) is 5.97. The number of likely N-dealkylation sites (tertiary alicyclic amines) is 1. The fraction of sp³-hybridized carbons (Fsp3) is 0.500. The fourth-order valence-corrected chi connectivity index (χ4v) is 2.90. The molecule has 2 aromatic rings. The van der Waals surface area contributed by atoms with Gasteiger partial charge in [0.15, 0.2) is 0 Å². The Hall–Kier alpha value is -2.21. The molecular formula is C18H23N3O3. The van der Waals surface area contributed by atoms with Crippen LogP contribution in [0, 0.1) is 0 Å². The zero-order valence-corrected chi connectivity index (χ0v) is 14.2. The van der Waals surface area contributed by atoms with Crippen molar-refractivity contribution < 1.29 is 14.1 Å². The summed E-state index contributed by atoms with van der Waals surface area (Å²) in [6.45, 7) is 6.61. The first-order valence-corrected chi connectivity index (χ1v) is 8.49. The van der Waals surface area contributed by atoms with E-state index in [0.717, 1.165) is 24.1 Å². The largest absolute Gasteiger partial charge is 0.377 e. The van der Waals surface area contributed by atoms with Gasteiger partial charge in [0.25, 0.3) is 0 Å². The van der Waals surface area contributed by atoms with Crippen LogP contribution in [0.2, 0.25) is 0 Å². The maximum absolute atomic E-state index is 11.8. The van der Waals surface area contributed by atoms with Gasteiger partial charge in [-0.2, -0.15) is 4.98 Å². The van der Waals surface area contributed by atoms with Crippen LogP contribution in [0.5, 0.6) is 0 Å². The van der Waals surface area contributed by atoms with E-state index in [1.807, 2.05) is 43.0 Å². The van der Waals surface area contributed by atoms with Crippen LogP contribution in [0.3, 0.4) is 0 Å². The van der Waals surface area contributed by atoms with Crippen LogP contribution < -0.4 is 0 Å². The van der Waals surface area contributed by atoms with E-state index in [-0.39, 0.29) is 11.8 Å². The van der Waals surface area contributed by atoms with Crippen LogP contribution >= 0.6 is 0 Å². The normalized spacial score (nSPS) is 17.4. The van der Waals surface area contributed by atoms with Gasteiger partial charge >= 0.3 is 0 Å². The molecule has 1 fully saturated rings. The molecular weight excluding hydrogens is 306 g/mol. The van der Waals surface area contributed by atoms with Crippen molar-refractivity contribution in [2.45, 2.75) is 39.2 Å². The highest BCUT2D eigenvalue weighted by Crippen LogP contribution is 2.28. The van der Waals surface area contributed by atoms with Crippen LogP contribution in [0.4, 0.5) is 0 Å². The number of aromatic nitrogens is 2. The Bertz CT molecular complexity index is 681. The Morgan fingerprint density at radius 1 is 1.33 bits per heavy atom. The SMILES string of the molecule is CCOCc1ccc(-c2noc([C@H]3CCN(C(=O)CC)C3)n2)cc1. The van der Waals surface area contributed by atoms with Gasteiger partial charge < -0.3 is 14.2 Å². The van der Waals surface area contributed by atoms with E-state index in [2.05, 4.69) is 10.1 Å². The molecule has 128 valence electrons. The molecule has 1 aliphatic heterocycles. The van der Waals surface area contributed by atoms with Crippen LogP contribution in [0.1, 0.15) is 44.1 Å². The standard InChI is InChI=1S/C18H23N3O3/c1-3-16(22)21-10-9-15(11-21)18-19-17(20-24-18)14-7-5-13(6-8-14)12-23-4-2/h5-8,15H,3-4,9-12H2,1-2H3/t15-/m0/s1.